The van der Waals surface area contributed by atoms with Crippen LogP contribution in [-0.2, 0) is 6.18 Å². The summed E-state index contributed by atoms with van der Waals surface area (Å²) in [5.74, 6) is -1.10. The number of hydrogen-bond acceptors (Lipinski definition) is 4. The van der Waals surface area contributed by atoms with Gasteiger partial charge in [0.15, 0.2) is 11.3 Å². The highest BCUT2D eigenvalue weighted by Crippen LogP contribution is 2.31. The van der Waals surface area contributed by atoms with E-state index in [1.54, 1.807) is 26.0 Å². The summed E-state index contributed by atoms with van der Waals surface area (Å²) in [6.45, 7) is 3.35. The number of nitrogens with one attached hydrogen (secondary N) is 1. The van der Waals surface area contributed by atoms with Crippen molar-refractivity contribution in [2.75, 3.05) is 5.32 Å². The van der Waals surface area contributed by atoms with E-state index in [2.05, 4.69) is 20.6 Å². The van der Waals surface area contributed by atoms with Crippen molar-refractivity contribution in [1.82, 2.24) is 19.8 Å². The normalized spacial score (nSPS) is 11.7. The number of halogens is 4. The lowest BCUT2D eigenvalue weighted by molar-refractivity contribution is -0.137. The molecule has 0 fully saturated rings. The van der Waals surface area contributed by atoms with Gasteiger partial charge < -0.3 is 5.32 Å². The number of fused-ring (bicyclic) bond motifs is 1. The first-order chi connectivity index (χ1) is 14.6. The SMILES string of the molecule is Cc1nn2c(C)c(C(=O)Nc3cccc(C(F)(F)F)c3)nnc2c1-c1ccc(F)cc1. The molecular weight excluding hydrogens is 414 g/mol. The highest BCUT2D eigenvalue weighted by Gasteiger charge is 2.30. The van der Waals surface area contributed by atoms with E-state index in [1.165, 1.54) is 28.8 Å². The number of aryl methyl sites for hydroxylation is 2. The molecule has 0 aliphatic rings. The second kappa shape index (κ2) is 7.46. The molecule has 4 rings (SSSR count). The quantitative estimate of drug-likeness (QED) is 0.474. The molecule has 31 heavy (non-hydrogen) atoms. The Labute approximate surface area is 173 Å². The largest absolute Gasteiger partial charge is 0.416 e. The number of alkyl halides is 3. The number of benzene rings is 2. The highest BCUT2D eigenvalue weighted by molar-refractivity contribution is 6.03. The van der Waals surface area contributed by atoms with Crippen LogP contribution >= 0.6 is 0 Å². The van der Waals surface area contributed by atoms with E-state index >= 15 is 0 Å². The van der Waals surface area contributed by atoms with Gasteiger partial charge in [-0.25, -0.2) is 8.91 Å². The topological polar surface area (TPSA) is 72.2 Å². The van der Waals surface area contributed by atoms with Gasteiger partial charge in [-0.2, -0.15) is 18.3 Å². The smallest absolute Gasteiger partial charge is 0.321 e. The number of hydrogen-bond donors (Lipinski definition) is 1. The Bertz CT molecular complexity index is 1300. The number of nitrogens with zero attached hydrogens (tertiary/aromatic N) is 4. The van der Waals surface area contributed by atoms with Gasteiger partial charge in [0.2, 0.25) is 0 Å². The standard InChI is InChI=1S/C21H15F4N5O/c1-11-17(13-6-8-15(22)9-7-13)19-28-27-18(12(2)30(19)29-11)20(31)26-16-5-3-4-14(10-16)21(23,24)25/h3-10H,1-2H3,(H,26,31). The molecule has 1 amide bonds. The van der Waals surface area contributed by atoms with Gasteiger partial charge >= 0.3 is 6.18 Å². The van der Waals surface area contributed by atoms with E-state index < -0.39 is 17.6 Å². The van der Waals surface area contributed by atoms with Crippen LogP contribution in [0, 0.1) is 19.7 Å². The van der Waals surface area contributed by atoms with E-state index in [-0.39, 0.29) is 17.2 Å². The van der Waals surface area contributed by atoms with Crippen molar-refractivity contribution in [3.63, 3.8) is 0 Å². The van der Waals surface area contributed by atoms with Gasteiger partial charge in [0.25, 0.3) is 5.91 Å². The van der Waals surface area contributed by atoms with Crippen LogP contribution in [-0.4, -0.2) is 25.7 Å². The third-order valence-electron chi connectivity index (χ3n) is 4.74. The maximum Gasteiger partial charge on any atom is 0.416 e. The van der Waals surface area contributed by atoms with Gasteiger partial charge in [-0.15, -0.1) is 10.2 Å². The minimum atomic E-state index is -4.53. The Kier molecular flexibility index (Phi) is 4.92. The molecule has 2 heterocycles. The average molecular weight is 429 g/mol. The third-order valence-corrected chi connectivity index (χ3v) is 4.74. The predicted molar refractivity (Wildman–Crippen MR) is 105 cm³/mol. The molecule has 1 N–H and O–H groups in total. The fourth-order valence-electron chi connectivity index (χ4n) is 3.24. The number of amides is 1. The Morgan fingerprint density at radius 2 is 1.74 bits per heavy atom. The van der Waals surface area contributed by atoms with E-state index in [0.717, 1.165) is 12.1 Å². The van der Waals surface area contributed by atoms with Crippen molar-refractivity contribution in [3.05, 3.63) is 77.0 Å². The van der Waals surface area contributed by atoms with Crippen LogP contribution in [0.15, 0.2) is 48.5 Å². The molecular formula is C21H15F4N5O. The summed E-state index contributed by atoms with van der Waals surface area (Å²) in [4.78, 5) is 12.7. The predicted octanol–water partition coefficient (Wildman–Crippen LogP) is 4.82. The molecule has 2 aromatic carbocycles. The maximum absolute atomic E-state index is 13.3. The molecule has 0 unspecified atom stereocenters. The molecule has 0 bridgehead atoms. The van der Waals surface area contributed by atoms with Gasteiger partial charge in [-0.05, 0) is 49.7 Å². The van der Waals surface area contributed by atoms with Crippen molar-refractivity contribution >= 4 is 17.2 Å². The molecule has 4 aromatic rings. The second-order valence-electron chi connectivity index (χ2n) is 6.87. The fourth-order valence-corrected chi connectivity index (χ4v) is 3.24. The van der Waals surface area contributed by atoms with E-state index in [1.807, 2.05) is 0 Å². The lowest BCUT2D eigenvalue weighted by Gasteiger charge is -2.10. The molecule has 10 heteroatoms. The number of rotatable bonds is 3. The molecule has 0 spiro atoms. The lowest BCUT2D eigenvalue weighted by Crippen LogP contribution is -2.19. The Morgan fingerprint density at radius 3 is 2.42 bits per heavy atom. The van der Waals surface area contributed by atoms with Crippen LogP contribution in [0.4, 0.5) is 23.2 Å². The monoisotopic (exact) mass is 429 g/mol. The summed E-state index contributed by atoms with van der Waals surface area (Å²) in [6, 6.07) is 10.1. The van der Waals surface area contributed by atoms with E-state index in [0.29, 0.717) is 28.2 Å². The summed E-state index contributed by atoms with van der Waals surface area (Å²) in [6.07, 6.45) is -4.53. The zero-order valence-electron chi connectivity index (χ0n) is 16.3. The van der Waals surface area contributed by atoms with Crippen molar-refractivity contribution in [2.45, 2.75) is 20.0 Å². The van der Waals surface area contributed by atoms with Crippen LogP contribution in [0.3, 0.4) is 0 Å². The Balaban J connectivity index is 1.70. The summed E-state index contributed by atoms with van der Waals surface area (Å²) in [5, 5.41) is 14.9. The van der Waals surface area contributed by atoms with Crippen LogP contribution < -0.4 is 5.32 Å². The van der Waals surface area contributed by atoms with Crippen LogP contribution in [0.2, 0.25) is 0 Å². The zero-order valence-corrected chi connectivity index (χ0v) is 16.3. The van der Waals surface area contributed by atoms with Crippen LogP contribution in [0.5, 0.6) is 0 Å². The van der Waals surface area contributed by atoms with Gasteiger partial charge in [-0.3, -0.25) is 4.79 Å². The molecule has 0 aliphatic heterocycles. The lowest BCUT2D eigenvalue weighted by atomic mass is 10.1. The highest BCUT2D eigenvalue weighted by atomic mass is 19.4. The number of carbonyl (C=O) groups excluding carboxylic acids is 1. The summed E-state index contributed by atoms with van der Waals surface area (Å²) < 4.78 is 53.4. The Hall–Kier alpha value is -3.82. The summed E-state index contributed by atoms with van der Waals surface area (Å²) in [5.41, 5.74) is 1.66. The first kappa shape index (κ1) is 20.5. The second-order valence-corrected chi connectivity index (χ2v) is 6.87. The van der Waals surface area contributed by atoms with Gasteiger partial charge in [0.05, 0.1) is 22.5 Å². The first-order valence-corrected chi connectivity index (χ1v) is 9.12. The minimum Gasteiger partial charge on any atom is -0.321 e. The van der Waals surface area contributed by atoms with Gasteiger partial charge in [0.1, 0.15) is 5.82 Å². The molecule has 0 radical (unpaired) electrons. The van der Waals surface area contributed by atoms with Crippen molar-refractivity contribution in [2.24, 2.45) is 0 Å². The van der Waals surface area contributed by atoms with Crippen LogP contribution in [0.1, 0.15) is 27.4 Å². The van der Waals surface area contributed by atoms with Crippen LogP contribution in [0.25, 0.3) is 16.8 Å². The fraction of sp³-hybridized carbons (Fsp3) is 0.143. The third kappa shape index (κ3) is 3.83. The number of anilines is 1. The molecule has 6 nitrogen and oxygen atoms in total. The van der Waals surface area contributed by atoms with E-state index in [9.17, 15) is 22.4 Å². The van der Waals surface area contributed by atoms with Gasteiger partial charge in [0, 0.05) is 5.69 Å². The molecule has 2 aromatic heterocycles. The van der Waals surface area contributed by atoms with Crippen molar-refractivity contribution < 1.29 is 22.4 Å². The van der Waals surface area contributed by atoms with Crippen molar-refractivity contribution in [1.29, 1.82) is 0 Å². The average Bonchev–Trinajstić information content (AvgIpc) is 3.05. The number of carbonyl (C=O) groups is 1. The molecule has 0 saturated heterocycles. The maximum atomic E-state index is 13.3. The zero-order chi connectivity index (χ0) is 22.3. The number of aromatic nitrogens is 4. The minimum absolute atomic E-state index is 0.0234. The van der Waals surface area contributed by atoms with E-state index in [4.69, 9.17) is 0 Å². The molecule has 158 valence electrons. The van der Waals surface area contributed by atoms with Gasteiger partial charge in [-0.1, -0.05) is 18.2 Å². The summed E-state index contributed by atoms with van der Waals surface area (Å²) >= 11 is 0. The first-order valence-electron chi connectivity index (χ1n) is 9.12. The Morgan fingerprint density at radius 1 is 1.03 bits per heavy atom. The summed E-state index contributed by atoms with van der Waals surface area (Å²) in [7, 11) is 0. The van der Waals surface area contributed by atoms with Crippen molar-refractivity contribution in [3.8, 4) is 11.1 Å². The molecule has 0 aliphatic carbocycles. The molecule has 0 saturated carbocycles. The molecule has 0 atom stereocenters.